The number of rotatable bonds is 3. The van der Waals surface area contributed by atoms with Crippen LogP contribution in [-0.4, -0.2) is 15.1 Å². The summed E-state index contributed by atoms with van der Waals surface area (Å²) in [4.78, 5) is 7.94. The summed E-state index contributed by atoms with van der Waals surface area (Å²) in [5.74, 6) is -0.0437. The van der Waals surface area contributed by atoms with Gasteiger partial charge < -0.3 is 5.11 Å². The molecule has 28 heavy (non-hydrogen) atoms. The van der Waals surface area contributed by atoms with Crippen molar-refractivity contribution in [1.82, 2.24) is 9.97 Å². The van der Waals surface area contributed by atoms with E-state index in [1.807, 2.05) is 12.1 Å². The van der Waals surface area contributed by atoms with E-state index in [2.05, 4.69) is 9.97 Å². The second-order valence-electron chi connectivity index (χ2n) is 6.39. The van der Waals surface area contributed by atoms with Crippen LogP contribution >= 0.6 is 0 Å². The predicted molar refractivity (Wildman–Crippen MR) is 101 cm³/mol. The van der Waals surface area contributed by atoms with Crippen LogP contribution in [0.5, 0.6) is 5.75 Å². The number of phenols is 1. The maximum Gasteiger partial charge on any atom is 0.433 e. The summed E-state index contributed by atoms with van der Waals surface area (Å²) in [6.07, 6.45) is -3.57. The van der Waals surface area contributed by atoms with E-state index < -0.39 is 11.9 Å². The van der Waals surface area contributed by atoms with Crippen molar-refractivity contribution in [3.8, 4) is 17.1 Å². The predicted octanol–water partition coefficient (Wildman–Crippen LogP) is 5.61. The van der Waals surface area contributed by atoms with Crippen LogP contribution in [0.2, 0.25) is 0 Å². The summed E-state index contributed by atoms with van der Waals surface area (Å²) >= 11 is 0. The molecule has 0 radical (unpaired) electrons. The zero-order valence-electron chi connectivity index (χ0n) is 14.6. The van der Waals surface area contributed by atoms with Crippen LogP contribution in [0.3, 0.4) is 0 Å². The van der Waals surface area contributed by atoms with Gasteiger partial charge in [0.05, 0.1) is 0 Å². The van der Waals surface area contributed by atoms with Crippen LogP contribution < -0.4 is 0 Å². The number of alkyl halides is 3. The third kappa shape index (κ3) is 3.41. The number of aromatic hydroxyl groups is 1. The number of fused-ring (bicyclic) bond motifs is 1. The molecule has 3 nitrogen and oxygen atoms in total. The second kappa shape index (κ2) is 6.96. The van der Waals surface area contributed by atoms with E-state index >= 15 is 0 Å². The Kier molecular flexibility index (Phi) is 4.47. The third-order valence-corrected chi connectivity index (χ3v) is 4.55. The van der Waals surface area contributed by atoms with E-state index in [0.717, 1.165) is 5.39 Å². The molecule has 0 spiro atoms. The molecule has 0 bridgehead atoms. The lowest BCUT2D eigenvalue weighted by Gasteiger charge is -2.15. The van der Waals surface area contributed by atoms with Crippen LogP contribution in [0.15, 0.2) is 72.9 Å². The Morgan fingerprint density at radius 1 is 0.857 bits per heavy atom. The van der Waals surface area contributed by atoms with Gasteiger partial charge in [-0.2, -0.15) is 13.2 Å². The molecule has 0 unspecified atom stereocenters. The van der Waals surface area contributed by atoms with Crippen molar-refractivity contribution in [3.63, 3.8) is 0 Å². The Labute approximate surface area is 159 Å². The molecular formula is C22H15F3N2O. The first kappa shape index (κ1) is 18.0. The van der Waals surface area contributed by atoms with Gasteiger partial charge in [0.2, 0.25) is 0 Å². The molecule has 140 valence electrons. The van der Waals surface area contributed by atoms with E-state index in [4.69, 9.17) is 0 Å². The first-order valence-electron chi connectivity index (χ1n) is 8.61. The van der Waals surface area contributed by atoms with Gasteiger partial charge in [0.15, 0.2) is 11.5 Å². The highest BCUT2D eigenvalue weighted by atomic mass is 19.4. The number of hydrogen-bond donors (Lipinski definition) is 1. The normalized spacial score (nSPS) is 11.7. The van der Waals surface area contributed by atoms with Crippen LogP contribution in [0, 0.1) is 0 Å². The van der Waals surface area contributed by atoms with Gasteiger partial charge in [0, 0.05) is 29.3 Å². The van der Waals surface area contributed by atoms with Crippen LogP contribution in [0.25, 0.3) is 22.2 Å². The highest BCUT2D eigenvalue weighted by Crippen LogP contribution is 2.35. The van der Waals surface area contributed by atoms with Gasteiger partial charge in [-0.1, -0.05) is 60.7 Å². The van der Waals surface area contributed by atoms with E-state index in [0.29, 0.717) is 16.5 Å². The molecule has 1 aromatic heterocycles. The Balaban J connectivity index is 1.84. The minimum absolute atomic E-state index is 0.0128. The van der Waals surface area contributed by atoms with Crippen molar-refractivity contribution in [3.05, 3.63) is 89.7 Å². The van der Waals surface area contributed by atoms with Gasteiger partial charge in [0.25, 0.3) is 0 Å². The van der Waals surface area contributed by atoms with Crippen molar-refractivity contribution in [2.24, 2.45) is 0 Å². The average molecular weight is 380 g/mol. The quantitative estimate of drug-likeness (QED) is 0.502. The van der Waals surface area contributed by atoms with E-state index in [-0.39, 0.29) is 23.6 Å². The largest absolute Gasteiger partial charge is 0.508 e. The highest BCUT2D eigenvalue weighted by Gasteiger charge is 2.36. The number of phenolic OH excluding ortho intramolecular Hbond substituents is 1. The average Bonchev–Trinajstić information content (AvgIpc) is 2.70. The first-order chi connectivity index (χ1) is 13.4. The van der Waals surface area contributed by atoms with Crippen molar-refractivity contribution in [2.45, 2.75) is 12.6 Å². The molecule has 0 saturated heterocycles. The minimum atomic E-state index is -4.64. The fourth-order valence-corrected chi connectivity index (χ4v) is 3.21. The zero-order valence-corrected chi connectivity index (χ0v) is 14.6. The first-order valence-corrected chi connectivity index (χ1v) is 8.61. The van der Waals surface area contributed by atoms with Gasteiger partial charge in [-0.3, -0.25) is 0 Å². The molecule has 4 aromatic rings. The van der Waals surface area contributed by atoms with Crippen LogP contribution in [0.1, 0.15) is 16.8 Å². The molecular weight excluding hydrogens is 365 g/mol. The van der Waals surface area contributed by atoms with Crippen molar-refractivity contribution in [1.29, 1.82) is 0 Å². The molecule has 0 aliphatic rings. The molecule has 0 fully saturated rings. The molecule has 1 heterocycles. The minimum Gasteiger partial charge on any atom is -0.508 e. The van der Waals surface area contributed by atoms with E-state index in [9.17, 15) is 18.3 Å². The molecule has 4 rings (SSSR count). The van der Waals surface area contributed by atoms with Gasteiger partial charge in [-0.15, -0.1) is 0 Å². The summed E-state index contributed by atoms with van der Waals surface area (Å²) in [6.45, 7) is 0. The summed E-state index contributed by atoms with van der Waals surface area (Å²) in [6, 6.07) is 19.0. The number of nitrogens with zero attached hydrogens (tertiary/aromatic N) is 2. The smallest absolute Gasteiger partial charge is 0.433 e. The summed E-state index contributed by atoms with van der Waals surface area (Å²) in [7, 11) is 0. The third-order valence-electron chi connectivity index (χ3n) is 4.55. The van der Waals surface area contributed by atoms with Gasteiger partial charge in [-0.25, -0.2) is 9.97 Å². The molecule has 3 aromatic carbocycles. The molecule has 6 heteroatoms. The number of aromatic nitrogens is 2. The monoisotopic (exact) mass is 380 g/mol. The standard InChI is InChI=1S/C22H15F3N2O/c23-22(24,25)20-16(13-26-21(27-20)15-7-2-1-3-8-15)12-18-17-9-5-4-6-14(17)10-11-19(18)28/h1-11,13,28H,12H2. The van der Waals surface area contributed by atoms with E-state index in [1.165, 1.54) is 12.3 Å². The van der Waals surface area contributed by atoms with Gasteiger partial charge in [0.1, 0.15) is 5.75 Å². The molecule has 0 amide bonds. The highest BCUT2D eigenvalue weighted by molar-refractivity contribution is 5.88. The maximum atomic E-state index is 13.7. The Morgan fingerprint density at radius 3 is 2.32 bits per heavy atom. The lowest BCUT2D eigenvalue weighted by atomic mass is 9.97. The lowest BCUT2D eigenvalue weighted by Crippen LogP contribution is -2.14. The Morgan fingerprint density at radius 2 is 1.57 bits per heavy atom. The summed E-state index contributed by atoms with van der Waals surface area (Å²) in [5, 5.41) is 11.8. The SMILES string of the molecule is Oc1ccc2ccccc2c1Cc1cnc(-c2ccccc2)nc1C(F)(F)F. The fourth-order valence-electron chi connectivity index (χ4n) is 3.21. The Bertz CT molecular complexity index is 1140. The lowest BCUT2D eigenvalue weighted by molar-refractivity contribution is -0.141. The van der Waals surface area contributed by atoms with Crippen molar-refractivity contribution < 1.29 is 18.3 Å². The number of benzene rings is 3. The Hall–Kier alpha value is -3.41. The van der Waals surface area contributed by atoms with Crippen LogP contribution in [0.4, 0.5) is 13.2 Å². The summed E-state index contributed by atoms with van der Waals surface area (Å²) < 4.78 is 41.1. The van der Waals surface area contributed by atoms with Gasteiger partial charge in [-0.05, 0) is 16.8 Å². The van der Waals surface area contributed by atoms with Crippen molar-refractivity contribution in [2.75, 3.05) is 0 Å². The second-order valence-corrected chi connectivity index (χ2v) is 6.39. The molecule has 0 saturated carbocycles. The number of hydrogen-bond acceptors (Lipinski definition) is 3. The topological polar surface area (TPSA) is 46.0 Å². The maximum absolute atomic E-state index is 13.7. The van der Waals surface area contributed by atoms with Gasteiger partial charge >= 0.3 is 6.18 Å². The van der Waals surface area contributed by atoms with E-state index in [1.54, 1.807) is 48.5 Å². The van der Waals surface area contributed by atoms with Crippen LogP contribution in [-0.2, 0) is 12.6 Å². The molecule has 0 atom stereocenters. The number of halogens is 3. The molecule has 0 aliphatic heterocycles. The summed E-state index contributed by atoms with van der Waals surface area (Å²) in [5.41, 5.74) is -0.153. The fraction of sp³-hybridized carbons (Fsp3) is 0.0909. The molecule has 1 N–H and O–H groups in total. The zero-order chi connectivity index (χ0) is 19.7. The van der Waals surface area contributed by atoms with Crippen molar-refractivity contribution >= 4 is 10.8 Å². The molecule has 0 aliphatic carbocycles.